The van der Waals surface area contributed by atoms with Crippen LogP contribution in [-0.2, 0) is 16.6 Å². The van der Waals surface area contributed by atoms with Crippen LogP contribution in [0.25, 0.3) is 0 Å². The summed E-state index contributed by atoms with van der Waals surface area (Å²) in [6, 6.07) is 6.18. The van der Waals surface area contributed by atoms with E-state index in [-0.39, 0.29) is 5.09 Å². The van der Waals surface area contributed by atoms with Gasteiger partial charge in [0.05, 0.1) is 25.5 Å². The molecule has 7 nitrogen and oxygen atoms in total. The van der Waals surface area contributed by atoms with Crippen LogP contribution >= 0.6 is 0 Å². The monoisotopic (exact) mass is 311 g/mol. The predicted octanol–water partition coefficient (Wildman–Crippen LogP) is 1.59. The Kier molecular flexibility index (Phi) is 4.81. The quantitative estimate of drug-likeness (QED) is 0.806. The maximum atomic E-state index is 12.2. The van der Waals surface area contributed by atoms with Crippen molar-refractivity contribution in [2.45, 2.75) is 18.6 Å². The largest absolute Gasteiger partial charge is 0.481 e. The summed E-state index contributed by atoms with van der Waals surface area (Å²) in [4.78, 5) is 3.93. The molecule has 0 saturated carbocycles. The maximum absolute atomic E-state index is 12.2. The predicted molar refractivity (Wildman–Crippen MR) is 77.7 cm³/mol. The van der Waals surface area contributed by atoms with Crippen molar-refractivity contribution in [3.63, 3.8) is 0 Å². The molecule has 0 aliphatic rings. The number of rotatable bonds is 7. The molecular weight excluding hydrogens is 294 g/mol. The number of methoxy groups -OCH3 is 1. The molecule has 2 N–H and O–H groups in total. The van der Waals surface area contributed by atoms with E-state index in [0.717, 1.165) is 6.54 Å². The van der Waals surface area contributed by atoms with Crippen molar-refractivity contribution in [1.29, 1.82) is 0 Å². The van der Waals surface area contributed by atoms with Crippen LogP contribution in [-0.4, -0.2) is 27.1 Å². The number of aromatic nitrogens is 1. The van der Waals surface area contributed by atoms with Gasteiger partial charge in [-0.3, -0.25) is 4.72 Å². The summed E-state index contributed by atoms with van der Waals surface area (Å²) in [5.41, 5.74) is 0.334. The lowest BCUT2D eigenvalue weighted by Gasteiger charge is -2.06. The number of hydrogen-bond acceptors (Lipinski definition) is 6. The van der Waals surface area contributed by atoms with Crippen molar-refractivity contribution in [3.8, 4) is 5.88 Å². The van der Waals surface area contributed by atoms with E-state index in [9.17, 15) is 8.42 Å². The minimum absolute atomic E-state index is 0.133. The summed E-state index contributed by atoms with van der Waals surface area (Å²) >= 11 is 0. The van der Waals surface area contributed by atoms with Gasteiger partial charge < -0.3 is 14.5 Å². The number of hydrogen-bond donors (Lipinski definition) is 2. The summed E-state index contributed by atoms with van der Waals surface area (Å²) in [5.74, 6) is 0.967. The minimum atomic E-state index is -3.76. The lowest BCUT2D eigenvalue weighted by atomic mass is 10.4. The normalized spacial score (nSPS) is 11.3. The molecule has 0 aliphatic heterocycles. The van der Waals surface area contributed by atoms with Crippen molar-refractivity contribution in [3.05, 3.63) is 36.2 Å². The number of sulfonamides is 1. The van der Waals surface area contributed by atoms with Gasteiger partial charge in [0.25, 0.3) is 10.0 Å². The Morgan fingerprint density at radius 2 is 2.10 bits per heavy atom. The second-order valence-corrected chi connectivity index (χ2v) is 5.81. The van der Waals surface area contributed by atoms with Crippen LogP contribution < -0.4 is 14.8 Å². The first-order valence-electron chi connectivity index (χ1n) is 6.37. The van der Waals surface area contributed by atoms with Gasteiger partial charge in [-0.1, -0.05) is 6.92 Å². The highest BCUT2D eigenvalue weighted by atomic mass is 32.2. The van der Waals surface area contributed by atoms with E-state index in [2.05, 4.69) is 15.0 Å². The third-order valence-corrected chi connectivity index (χ3v) is 3.90. The third kappa shape index (κ3) is 3.96. The van der Waals surface area contributed by atoms with Crippen LogP contribution in [0.1, 0.15) is 12.7 Å². The van der Waals surface area contributed by atoms with Gasteiger partial charge >= 0.3 is 0 Å². The van der Waals surface area contributed by atoms with Gasteiger partial charge in [-0.15, -0.1) is 0 Å². The molecule has 2 aromatic heterocycles. The molecule has 0 spiro atoms. The first-order valence-corrected chi connectivity index (χ1v) is 7.85. The molecule has 0 amide bonds. The summed E-state index contributed by atoms with van der Waals surface area (Å²) in [5, 5.41) is 2.93. The Morgan fingerprint density at radius 1 is 1.29 bits per heavy atom. The van der Waals surface area contributed by atoms with E-state index in [1.807, 2.05) is 6.92 Å². The molecule has 0 radical (unpaired) electrons. The van der Waals surface area contributed by atoms with Gasteiger partial charge in [0, 0.05) is 6.07 Å². The van der Waals surface area contributed by atoms with Gasteiger partial charge in [-0.05, 0) is 24.7 Å². The molecule has 8 heteroatoms. The van der Waals surface area contributed by atoms with Crippen molar-refractivity contribution in [1.82, 2.24) is 10.3 Å². The molecule has 0 unspecified atom stereocenters. The number of furan rings is 1. The van der Waals surface area contributed by atoms with Crippen LogP contribution in [0.3, 0.4) is 0 Å². The number of anilines is 1. The minimum Gasteiger partial charge on any atom is -0.481 e. The Hall–Kier alpha value is -2.06. The topological polar surface area (TPSA) is 93.5 Å². The van der Waals surface area contributed by atoms with Crippen LogP contribution in [0, 0.1) is 0 Å². The van der Waals surface area contributed by atoms with E-state index in [0.29, 0.717) is 23.9 Å². The summed E-state index contributed by atoms with van der Waals surface area (Å²) < 4.78 is 36.9. The highest BCUT2D eigenvalue weighted by molar-refractivity contribution is 7.92. The van der Waals surface area contributed by atoms with Gasteiger partial charge in [0.15, 0.2) is 0 Å². The van der Waals surface area contributed by atoms with Crippen LogP contribution in [0.15, 0.2) is 40.0 Å². The standard InChI is InChI=1S/C13H17N3O4S/c1-3-14-9-11-5-7-13(20-11)21(17,18)16-10-4-6-12(19-2)15-8-10/h4-8,14,16H,3,9H2,1-2H3. The van der Waals surface area contributed by atoms with Gasteiger partial charge in [-0.2, -0.15) is 8.42 Å². The smallest absolute Gasteiger partial charge is 0.295 e. The first-order chi connectivity index (χ1) is 10.0. The summed E-state index contributed by atoms with van der Waals surface area (Å²) in [7, 11) is -2.28. The zero-order valence-corrected chi connectivity index (χ0v) is 12.6. The fourth-order valence-corrected chi connectivity index (χ4v) is 2.61. The Balaban J connectivity index is 2.11. The van der Waals surface area contributed by atoms with Crippen molar-refractivity contribution in [2.75, 3.05) is 18.4 Å². The highest BCUT2D eigenvalue weighted by Crippen LogP contribution is 2.19. The van der Waals surface area contributed by atoms with Crippen molar-refractivity contribution in [2.24, 2.45) is 0 Å². The van der Waals surface area contributed by atoms with Crippen LogP contribution in [0.5, 0.6) is 5.88 Å². The molecule has 0 fully saturated rings. The SMILES string of the molecule is CCNCc1ccc(S(=O)(=O)Nc2ccc(OC)nc2)o1. The molecule has 114 valence electrons. The highest BCUT2D eigenvalue weighted by Gasteiger charge is 2.19. The average Bonchev–Trinajstić information content (AvgIpc) is 2.95. The second-order valence-electron chi connectivity index (χ2n) is 4.20. The van der Waals surface area contributed by atoms with Gasteiger partial charge in [0.1, 0.15) is 5.76 Å². The van der Waals surface area contributed by atoms with Crippen LogP contribution in [0.2, 0.25) is 0 Å². The van der Waals surface area contributed by atoms with E-state index in [4.69, 9.17) is 9.15 Å². The fourth-order valence-electron chi connectivity index (χ4n) is 1.61. The third-order valence-electron chi connectivity index (χ3n) is 2.65. The zero-order chi connectivity index (χ0) is 15.3. The second kappa shape index (κ2) is 6.59. The molecule has 2 rings (SSSR count). The molecule has 2 aromatic rings. The molecule has 21 heavy (non-hydrogen) atoms. The zero-order valence-electron chi connectivity index (χ0n) is 11.8. The molecular formula is C13H17N3O4S. The van der Waals surface area contributed by atoms with E-state index in [1.54, 1.807) is 18.2 Å². The number of pyridine rings is 1. The summed E-state index contributed by atoms with van der Waals surface area (Å²) in [6.45, 7) is 3.22. The molecule has 0 saturated heterocycles. The van der Waals surface area contributed by atoms with E-state index >= 15 is 0 Å². The molecule has 2 heterocycles. The molecule has 0 aromatic carbocycles. The Labute approximate surface area is 123 Å². The van der Waals surface area contributed by atoms with Crippen molar-refractivity contribution < 1.29 is 17.6 Å². The van der Waals surface area contributed by atoms with Gasteiger partial charge in [0.2, 0.25) is 11.0 Å². The number of ether oxygens (including phenoxy) is 1. The number of nitrogens with one attached hydrogen (secondary N) is 2. The fraction of sp³-hybridized carbons (Fsp3) is 0.308. The number of nitrogens with zero attached hydrogens (tertiary/aromatic N) is 1. The first kappa shape index (κ1) is 15.3. The van der Waals surface area contributed by atoms with E-state index < -0.39 is 10.0 Å². The Bertz CT molecular complexity index is 680. The van der Waals surface area contributed by atoms with E-state index in [1.165, 1.54) is 19.4 Å². The average molecular weight is 311 g/mol. The lowest BCUT2D eigenvalue weighted by molar-refractivity contribution is 0.398. The molecule has 0 aliphatic carbocycles. The van der Waals surface area contributed by atoms with Crippen LogP contribution in [0.4, 0.5) is 5.69 Å². The Morgan fingerprint density at radius 3 is 2.71 bits per heavy atom. The summed E-state index contributed by atoms with van der Waals surface area (Å²) in [6.07, 6.45) is 1.37. The van der Waals surface area contributed by atoms with Gasteiger partial charge in [-0.25, -0.2) is 4.98 Å². The van der Waals surface area contributed by atoms with Crippen molar-refractivity contribution >= 4 is 15.7 Å². The maximum Gasteiger partial charge on any atom is 0.295 e. The lowest BCUT2D eigenvalue weighted by Crippen LogP contribution is -2.13. The molecule has 0 atom stereocenters. The molecule has 0 bridgehead atoms.